The molecular weight excluding hydrogens is 176 g/mol. The topological polar surface area (TPSA) is 46.0 Å². The van der Waals surface area contributed by atoms with Gasteiger partial charge in [-0.25, -0.2) is 4.98 Å². The van der Waals surface area contributed by atoms with E-state index in [1.54, 1.807) is 6.92 Å². The molecule has 0 saturated carbocycles. The van der Waals surface area contributed by atoms with Gasteiger partial charge < -0.3 is 10.1 Å². The normalized spacial score (nSPS) is 9.93. The molecule has 1 aromatic heterocycles. The van der Waals surface area contributed by atoms with Gasteiger partial charge in [-0.3, -0.25) is 0 Å². The maximum Gasteiger partial charge on any atom is 0.222 e. The number of aromatic nitrogens is 1. The molecule has 0 atom stereocenters. The molecule has 1 N–H and O–H groups in total. The first-order valence-electron chi connectivity index (χ1n) is 4.81. The average molecular weight is 192 g/mol. The summed E-state index contributed by atoms with van der Waals surface area (Å²) in [7, 11) is 0. The molecule has 1 rings (SSSR count). The van der Waals surface area contributed by atoms with Crippen LogP contribution < -0.4 is 4.74 Å². The molecule has 1 heterocycles. The molecule has 0 aromatic carbocycles. The fraction of sp³-hybridized carbons (Fsp3) is 0.455. The van der Waals surface area contributed by atoms with E-state index in [0.29, 0.717) is 18.2 Å². The molecule has 0 amide bonds. The molecule has 0 aliphatic carbocycles. The smallest absolute Gasteiger partial charge is 0.222 e. The Morgan fingerprint density at radius 1 is 1.50 bits per heavy atom. The maximum atomic E-state index is 7.56. The van der Waals surface area contributed by atoms with Crippen LogP contribution >= 0.6 is 0 Å². The standard InChI is InChI=1S/C11H16N2O/c1-4-7-14-11-10(9(3)12)6-5-8(2)13-11/h5-6,12H,4,7H2,1-3H3. The van der Waals surface area contributed by atoms with Crippen molar-refractivity contribution in [3.63, 3.8) is 0 Å². The van der Waals surface area contributed by atoms with Crippen LogP contribution in [-0.4, -0.2) is 17.3 Å². The van der Waals surface area contributed by atoms with Crippen molar-refractivity contribution in [3.05, 3.63) is 23.4 Å². The Bertz CT molecular complexity index is 334. The minimum absolute atomic E-state index is 0.489. The molecule has 3 nitrogen and oxygen atoms in total. The molecule has 0 unspecified atom stereocenters. The lowest BCUT2D eigenvalue weighted by Gasteiger charge is -2.09. The van der Waals surface area contributed by atoms with E-state index in [1.165, 1.54) is 0 Å². The number of hydrogen-bond acceptors (Lipinski definition) is 3. The average Bonchev–Trinajstić information content (AvgIpc) is 2.14. The van der Waals surface area contributed by atoms with Gasteiger partial charge in [-0.05, 0) is 32.4 Å². The van der Waals surface area contributed by atoms with Gasteiger partial charge in [0, 0.05) is 11.4 Å². The third kappa shape index (κ3) is 2.55. The Balaban J connectivity index is 2.97. The first kappa shape index (κ1) is 10.7. The van der Waals surface area contributed by atoms with Crippen molar-refractivity contribution in [1.29, 1.82) is 5.41 Å². The van der Waals surface area contributed by atoms with Gasteiger partial charge in [-0.2, -0.15) is 0 Å². The summed E-state index contributed by atoms with van der Waals surface area (Å²) in [4.78, 5) is 4.27. The quantitative estimate of drug-likeness (QED) is 0.745. The number of aryl methyl sites for hydroxylation is 1. The Kier molecular flexibility index (Phi) is 3.63. The third-order valence-electron chi connectivity index (χ3n) is 1.85. The van der Waals surface area contributed by atoms with Gasteiger partial charge in [0.2, 0.25) is 5.88 Å². The highest BCUT2D eigenvalue weighted by Crippen LogP contribution is 2.16. The molecule has 0 radical (unpaired) electrons. The number of rotatable bonds is 4. The van der Waals surface area contributed by atoms with Crippen LogP contribution in [0.15, 0.2) is 12.1 Å². The highest BCUT2D eigenvalue weighted by molar-refractivity contribution is 5.98. The third-order valence-corrected chi connectivity index (χ3v) is 1.85. The van der Waals surface area contributed by atoms with Crippen molar-refractivity contribution in [2.75, 3.05) is 6.61 Å². The van der Waals surface area contributed by atoms with Crippen molar-refractivity contribution in [2.24, 2.45) is 0 Å². The van der Waals surface area contributed by atoms with E-state index in [1.807, 2.05) is 26.0 Å². The first-order valence-corrected chi connectivity index (χ1v) is 4.81. The Labute approximate surface area is 84.6 Å². The number of nitrogens with zero attached hydrogens (tertiary/aromatic N) is 1. The lowest BCUT2D eigenvalue weighted by Crippen LogP contribution is -2.04. The monoisotopic (exact) mass is 192 g/mol. The molecule has 1 aromatic rings. The summed E-state index contributed by atoms with van der Waals surface area (Å²) in [5.41, 5.74) is 2.19. The van der Waals surface area contributed by atoms with Crippen LogP contribution in [0.25, 0.3) is 0 Å². The van der Waals surface area contributed by atoms with Crippen molar-refractivity contribution >= 4 is 5.71 Å². The zero-order chi connectivity index (χ0) is 10.6. The molecular formula is C11H16N2O. The predicted molar refractivity (Wildman–Crippen MR) is 57.3 cm³/mol. The van der Waals surface area contributed by atoms with Crippen molar-refractivity contribution in [1.82, 2.24) is 4.98 Å². The summed E-state index contributed by atoms with van der Waals surface area (Å²) in [5.74, 6) is 0.583. The summed E-state index contributed by atoms with van der Waals surface area (Å²) in [6.45, 7) is 6.36. The molecule has 0 fully saturated rings. The fourth-order valence-electron chi connectivity index (χ4n) is 1.13. The molecule has 0 aliphatic heterocycles. The predicted octanol–water partition coefficient (Wildman–Crippen LogP) is 2.57. The van der Waals surface area contributed by atoms with Gasteiger partial charge in [-0.15, -0.1) is 0 Å². The van der Waals surface area contributed by atoms with Crippen molar-refractivity contribution in [3.8, 4) is 5.88 Å². The van der Waals surface area contributed by atoms with Crippen molar-refractivity contribution in [2.45, 2.75) is 27.2 Å². The lowest BCUT2D eigenvalue weighted by atomic mass is 10.2. The van der Waals surface area contributed by atoms with E-state index in [2.05, 4.69) is 4.98 Å². The highest BCUT2D eigenvalue weighted by Gasteiger charge is 2.06. The van der Waals surface area contributed by atoms with Gasteiger partial charge in [0.05, 0.1) is 12.2 Å². The van der Waals surface area contributed by atoms with E-state index in [0.717, 1.165) is 17.7 Å². The SMILES string of the molecule is CCCOc1nc(C)ccc1C(C)=N. The number of ether oxygens (including phenoxy) is 1. The van der Waals surface area contributed by atoms with Gasteiger partial charge in [0.25, 0.3) is 0 Å². The number of pyridine rings is 1. The fourth-order valence-corrected chi connectivity index (χ4v) is 1.13. The lowest BCUT2D eigenvalue weighted by molar-refractivity contribution is 0.304. The molecule has 0 saturated heterocycles. The zero-order valence-corrected chi connectivity index (χ0v) is 8.92. The first-order chi connectivity index (χ1) is 6.65. The Morgan fingerprint density at radius 2 is 2.21 bits per heavy atom. The minimum Gasteiger partial charge on any atom is -0.477 e. The summed E-state index contributed by atoms with van der Waals surface area (Å²) in [5, 5.41) is 7.56. The van der Waals surface area contributed by atoms with Crippen LogP contribution in [0.5, 0.6) is 5.88 Å². The molecule has 0 spiro atoms. The zero-order valence-electron chi connectivity index (χ0n) is 8.92. The van der Waals surface area contributed by atoms with Gasteiger partial charge >= 0.3 is 0 Å². The second-order valence-electron chi connectivity index (χ2n) is 3.28. The Hall–Kier alpha value is -1.38. The number of nitrogens with one attached hydrogen (secondary N) is 1. The Morgan fingerprint density at radius 3 is 2.79 bits per heavy atom. The van der Waals surface area contributed by atoms with E-state index < -0.39 is 0 Å². The minimum atomic E-state index is 0.489. The van der Waals surface area contributed by atoms with Gasteiger partial charge in [0.1, 0.15) is 0 Å². The molecule has 0 aliphatic rings. The molecule has 3 heteroatoms. The van der Waals surface area contributed by atoms with E-state index in [9.17, 15) is 0 Å². The van der Waals surface area contributed by atoms with Crippen LogP contribution in [0.2, 0.25) is 0 Å². The molecule has 76 valence electrons. The summed E-state index contributed by atoms with van der Waals surface area (Å²) in [6.07, 6.45) is 0.951. The second-order valence-corrected chi connectivity index (χ2v) is 3.28. The molecule has 14 heavy (non-hydrogen) atoms. The highest BCUT2D eigenvalue weighted by atomic mass is 16.5. The molecule has 0 bridgehead atoms. The van der Waals surface area contributed by atoms with E-state index in [-0.39, 0.29) is 0 Å². The van der Waals surface area contributed by atoms with E-state index >= 15 is 0 Å². The largest absolute Gasteiger partial charge is 0.477 e. The van der Waals surface area contributed by atoms with Crippen LogP contribution in [0.4, 0.5) is 0 Å². The van der Waals surface area contributed by atoms with E-state index in [4.69, 9.17) is 10.1 Å². The summed E-state index contributed by atoms with van der Waals surface area (Å²) >= 11 is 0. The van der Waals surface area contributed by atoms with Crippen LogP contribution in [0.3, 0.4) is 0 Å². The van der Waals surface area contributed by atoms with Crippen molar-refractivity contribution < 1.29 is 4.74 Å². The summed E-state index contributed by atoms with van der Waals surface area (Å²) < 4.78 is 5.48. The second kappa shape index (κ2) is 4.74. The number of hydrogen-bond donors (Lipinski definition) is 1. The van der Waals surface area contributed by atoms with Gasteiger partial charge in [-0.1, -0.05) is 6.92 Å². The van der Waals surface area contributed by atoms with Crippen LogP contribution in [0, 0.1) is 12.3 Å². The van der Waals surface area contributed by atoms with Gasteiger partial charge in [0.15, 0.2) is 0 Å². The summed E-state index contributed by atoms with van der Waals surface area (Å²) in [6, 6.07) is 3.78. The maximum absolute atomic E-state index is 7.56. The van der Waals surface area contributed by atoms with Crippen LogP contribution in [0.1, 0.15) is 31.5 Å². The van der Waals surface area contributed by atoms with Crippen LogP contribution in [-0.2, 0) is 0 Å².